The number of ether oxygens (including phenoxy) is 1. The molecule has 16 heavy (non-hydrogen) atoms. The molecule has 0 aliphatic carbocycles. The topological polar surface area (TPSA) is 42.1 Å². The Kier molecular flexibility index (Phi) is 3.31. The molecule has 1 aromatic heterocycles. The molecule has 0 unspecified atom stereocenters. The predicted octanol–water partition coefficient (Wildman–Crippen LogP) is 3.16. The van der Waals surface area contributed by atoms with E-state index < -0.39 is 0 Å². The second-order valence-electron chi connectivity index (χ2n) is 3.14. The lowest BCUT2D eigenvalue weighted by Gasteiger charge is -2.06. The van der Waals surface area contributed by atoms with Gasteiger partial charge in [-0.15, -0.1) is 0 Å². The molecule has 0 atom stereocenters. The Balaban J connectivity index is 2.37. The largest absolute Gasteiger partial charge is 0.492 e. The fourth-order valence-corrected chi connectivity index (χ4v) is 2.19. The highest BCUT2D eigenvalue weighted by Gasteiger charge is 2.05. The van der Waals surface area contributed by atoms with Gasteiger partial charge in [-0.25, -0.2) is 0 Å². The summed E-state index contributed by atoms with van der Waals surface area (Å²) >= 11 is 7.19. The minimum atomic E-state index is -0.0694. The van der Waals surface area contributed by atoms with Gasteiger partial charge in [0.2, 0.25) is 0 Å². The second kappa shape index (κ2) is 4.72. The van der Waals surface area contributed by atoms with Crippen molar-refractivity contribution in [2.24, 2.45) is 0 Å². The average Bonchev–Trinajstić information content (AvgIpc) is 2.68. The molecule has 1 N–H and O–H groups in total. The molecule has 0 spiro atoms. The Morgan fingerprint density at radius 1 is 1.50 bits per heavy atom. The van der Waals surface area contributed by atoms with Gasteiger partial charge in [0.05, 0.1) is 17.3 Å². The minimum Gasteiger partial charge on any atom is -0.492 e. The van der Waals surface area contributed by atoms with Gasteiger partial charge < -0.3 is 9.72 Å². The van der Waals surface area contributed by atoms with Crippen LogP contribution in [0.15, 0.2) is 28.4 Å². The van der Waals surface area contributed by atoms with Crippen LogP contribution in [-0.2, 0) is 0 Å². The first-order valence-corrected chi connectivity index (χ1v) is 6.07. The number of rotatable bonds is 3. The molecule has 84 valence electrons. The Morgan fingerprint density at radius 2 is 2.31 bits per heavy atom. The first kappa shape index (κ1) is 11.2. The molecular weight excluding hydrogens is 246 g/mol. The van der Waals surface area contributed by atoms with E-state index in [2.05, 4.69) is 4.98 Å². The minimum absolute atomic E-state index is 0.0694. The first-order valence-electron chi connectivity index (χ1n) is 4.81. The standard InChI is InChI=1S/C11H10ClNO2S/c1-2-15-10-4-3-7(5-8(10)12)9-6-16-11(14)13-9/h3-6H,2H2,1H3,(H,13,14). The number of hydrogen-bond acceptors (Lipinski definition) is 3. The maximum absolute atomic E-state index is 11.0. The number of benzene rings is 1. The van der Waals surface area contributed by atoms with Crippen LogP contribution in [0.4, 0.5) is 0 Å². The van der Waals surface area contributed by atoms with Crippen LogP contribution in [0, 0.1) is 0 Å². The van der Waals surface area contributed by atoms with Gasteiger partial charge in [-0.3, -0.25) is 4.79 Å². The van der Waals surface area contributed by atoms with E-state index in [1.165, 1.54) is 0 Å². The fourth-order valence-electron chi connectivity index (χ4n) is 1.36. The molecule has 5 heteroatoms. The van der Waals surface area contributed by atoms with Gasteiger partial charge in [0.1, 0.15) is 5.75 Å². The van der Waals surface area contributed by atoms with Gasteiger partial charge >= 0.3 is 4.87 Å². The summed E-state index contributed by atoms with van der Waals surface area (Å²) in [6, 6.07) is 5.45. The molecule has 1 aromatic carbocycles. The van der Waals surface area contributed by atoms with E-state index in [0.717, 1.165) is 22.6 Å². The van der Waals surface area contributed by atoms with Crippen molar-refractivity contribution in [3.05, 3.63) is 38.3 Å². The number of thiazole rings is 1. The lowest BCUT2D eigenvalue weighted by atomic mass is 10.2. The third kappa shape index (κ3) is 2.28. The molecule has 3 nitrogen and oxygen atoms in total. The van der Waals surface area contributed by atoms with E-state index in [1.54, 1.807) is 17.5 Å². The van der Waals surface area contributed by atoms with Gasteiger partial charge in [0.25, 0.3) is 0 Å². The lowest BCUT2D eigenvalue weighted by molar-refractivity contribution is 0.340. The van der Waals surface area contributed by atoms with Crippen molar-refractivity contribution >= 4 is 22.9 Å². The SMILES string of the molecule is CCOc1ccc(-c2csc(=O)[nH]2)cc1Cl. The van der Waals surface area contributed by atoms with Gasteiger partial charge in [-0.05, 0) is 25.1 Å². The van der Waals surface area contributed by atoms with Crippen LogP contribution in [0.1, 0.15) is 6.92 Å². The van der Waals surface area contributed by atoms with Crippen molar-refractivity contribution in [1.29, 1.82) is 0 Å². The van der Waals surface area contributed by atoms with E-state index in [4.69, 9.17) is 16.3 Å². The highest BCUT2D eigenvalue weighted by atomic mass is 35.5. The van der Waals surface area contributed by atoms with Crippen molar-refractivity contribution in [2.75, 3.05) is 6.61 Å². The molecule has 0 aliphatic heterocycles. The van der Waals surface area contributed by atoms with Crippen molar-refractivity contribution in [1.82, 2.24) is 4.98 Å². The summed E-state index contributed by atoms with van der Waals surface area (Å²) in [6.45, 7) is 2.48. The molecule has 2 rings (SSSR count). The normalized spacial score (nSPS) is 10.4. The van der Waals surface area contributed by atoms with Crippen LogP contribution in [0.2, 0.25) is 5.02 Å². The van der Waals surface area contributed by atoms with Crippen molar-refractivity contribution in [3.63, 3.8) is 0 Å². The van der Waals surface area contributed by atoms with Crippen LogP contribution in [-0.4, -0.2) is 11.6 Å². The lowest BCUT2D eigenvalue weighted by Crippen LogP contribution is -1.94. The van der Waals surface area contributed by atoms with Crippen LogP contribution in [0.5, 0.6) is 5.75 Å². The summed E-state index contributed by atoms with van der Waals surface area (Å²) in [6.07, 6.45) is 0. The summed E-state index contributed by atoms with van der Waals surface area (Å²) < 4.78 is 5.33. The molecule has 2 aromatic rings. The molecule has 0 aliphatic rings. The van der Waals surface area contributed by atoms with E-state index in [9.17, 15) is 4.79 Å². The summed E-state index contributed by atoms with van der Waals surface area (Å²) in [5, 5.41) is 2.32. The molecule has 0 bridgehead atoms. The van der Waals surface area contributed by atoms with E-state index in [1.807, 2.05) is 13.0 Å². The summed E-state index contributed by atoms with van der Waals surface area (Å²) in [5.74, 6) is 0.658. The van der Waals surface area contributed by atoms with Crippen LogP contribution < -0.4 is 9.61 Å². The predicted molar refractivity (Wildman–Crippen MR) is 66.6 cm³/mol. The second-order valence-corrected chi connectivity index (χ2v) is 4.39. The van der Waals surface area contributed by atoms with Gasteiger partial charge in [-0.2, -0.15) is 0 Å². The Bertz CT molecular complexity index is 547. The number of aromatic amines is 1. The number of aromatic nitrogens is 1. The van der Waals surface area contributed by atoms with E-state index in [-0.39, 0.29) is 4.87 Å². The van der Waals surface area contributed by atoms with Crippen molar-refractivity contribution < 1.29 is 4.74 Å². The Morgan fingerprint density at radius 3 is 2.88 bits per heavy atom. The van der Waals surface area contributed by atoms with E-state index in [0.29, 0.717) is 17.4 Å². The molecular formula is C11H10ClNO2S. The summed E-state index contributed by atoms with van der Waals surface area (Å²) in [5.41, 5.74) is 1.66. The summed E-state index contributed by atoms with van der Waals surface area (Å²) in [4.78, 5) is 13.7. The van der Waals surface area contributed by atoms with Gasteiger partial charge in [0.15, 0.2) is 0 Å². The van der Waals surface area contributed by atoms with Crippen LogP contribution in [0.25, 0.3) is 11.3 Å². The zero-order valence-electron chi connectivity index (χ0n) is 8.62. The Hall–Kier alpha value is -1.26. The quantitative estimate of drug-likeness (QED) is 0.915. The first-order chi connectivity index (χ1) is 7.70. The van der Waals surface area contributed by atoms with Crippen LogP contribution in [0.3, 0.4) is 0 Å². The van der Waals surface area contributed by atoms with Gasteiger partial charge in [0, 0.05) is 10.9 Å². The number of H-pyrrole nitrogens is 1. The maximum atomic E-state index is 11.0. The van der Waals surface area contributed by atoms with Crippen molar-refractivity contribution in [3.8, 4) is 17.0 Å². The smallest absolute Gasteiger partial charge is 0.304 e. The zero-order valence-corrected chi connectivity index (χ0v) is 10.2. The zero-order chi connectivity index (χ0) is 11.5. The van der Waals surface area contributed by atoms with Crippen molar-refractivity contribution in [2.45, 2.75) is 6.92 Å². The molecule has 0 radical (unpaired) electrons. The molecule has 0 fully saturated rings. The number of hydrogen-bond donors (Lipinski definition) is 1. The van der Waals surface area contributed by atoms with Gasteiger partial charge in [-0.1, -0.05) is 22.9 Å². The van der Waals surface area contributed by atoms with E-state index >= 15 is 0 Å². The third-order valence-electron chi connectivity index (χ3n) is 2.06. The summed E-state index contributed by atoms with van der Waals surface area (Å²) in [7, 11) is 0. The maximum Gasteiger partial charge on any atom is 0.304 e. The third-order valence-corrected chi connectivity index (χ3v) is 3.03. The molecule has 0 amide bonds. The molecule has 0 saturated heterocycles. The number of nitrogens with one attached hydrogen (secondary N) is 1. The fraction of sp³-hybridized carbons (Fsp3) is 0.182. The Labute approximate surface area is 102 Å². The number of halogens is 1. The molecule has 0 saturated carbocycles. The highest BCUT2D eigenvalue weighted by Crippen LogP contribution is 2.29. The monoisotopic (exact) mass is 255 g/mol. The van der Waals surface area contributed by atoms with Crippen LogP contribution >= 0.6 is 22.9 Å². The molecule has 1 heterocycles. The highest BCUT2D eigenvalue weighted by molar-refractivity contribution is 7.07. The average molecular weight is 256 g/mol.